The van der Waals surface area contributed by atoms with Gasteiger partial charge in [0.1, 0.15) is 11.8 Å². The first-order valence-electron chi connectivity index (χ1n) is 6.04. The fraction of sp³-hybridized carbons (Fsp3) is 0.0667. The van der Waals surface area contributed by atoms with Crippen LogP contribution in [0.5, 0.6) is 5.75 Å². The molecule has 3 aromatic rings. The number of para-hydroxylation sites is 1. The Morgan fingerprint density at radius 2 is 2.05 bits per heavy atom. The van der Waals surface area contributed by atoms with Crippen LogP contribution in [0.1, 0.15) is 10.4 Å². The maximum Gasteiger partial charge on any atom is 0.251 e. The zero-order valence-corrected chi connectivity index (χ0v) is 10.5. The average molecular weight is 265 g/mol. The van der Waals surface area contributed by atoms with E-state index in [-0.39, 0.29) is 6.61 Å². The van der Waals surface area contributed by atoms with Crippen LogP contribution < -0.4 is 10.5 Å². The van der Waals surface area contributed by atoms with Crippen molar-refractivity contribution in [1.82, 2.24) is 4.40 Å². The fourth-order valence-corrected chi connectivity index (χ4v) is 2.38. The number of pyridine rings is 1. The second-order valence-corrected chi connectivity index (χ2v) is 4.32. The van der Waals surface area contributed by atoms with Gasteiger partial charge in [0.15, 0.2) is 6.61 Å². The molecule has 0 saturated heterocycles. The van der Waals surface area contributed by atoms with Crippen molar-refractivity contribution in [3.8, 4) is 11.8 Å². The molecular weight excluding hydrogens is 254 g/mol. The van der Waals surface area contributed by atoms with E-state index in [4.69, 9.17) is 15.7 Å². The number of benzene rings is 1. The minimum atomic E-state index is -0.464. The molecule has 5 nitrogen and oxygen atoms in total. The van der Waals surface area contributed by atoms with Crippen LogP contribution >= 0.6 is 0 Å². The van der Waals surface area contributed by atoms with Gasteiger partial charge < -0.3 is 14.9 Å². The Morgan fingerprint density at radius 1 is 1.25 bits per heavy atom. The second kappa shape index (κ2) is 4.59. The number of hydrogen-bond donors (Lipinski definition) is 1. The van der Waals surface area contributed by atoms with Gasteiger partial charge in [-0.2, -0.15) is 5.26 Å². The Balaban J connectivity index is 2.32. The first-order chi connectivity index (χ1) is 9.72. The van der Waals surface area contributed by atoms with Gasteiger partial charge in [-0.3, -0.25) is 4.79 Å². The van der Waals surface area contributed by atoms with E-state index in [0.29, 0.717) is 11.3 Å². The predicted octanol–water partition coefficient (Wildman–Crippen LogP) is 2.09. The van der Waals surface area contributed by atoms with Crippen LogP contribution in [0, 0.1) is 11.3 Å². The summed E-state index contributed by atoms with van der Waals surface area (Å²) in [5.41, 5.74) is 7.57. The summed E-state index contributed by atoms with van der Waals surface area (Å²) in [6.07, 6.45) is 1.75. The molecule has 0 aliphatic rings. The largest absolute Gasteiger partial charge is 0.477 e. The SMILES string of the molecule is N#CCOc1ccc2c(C(N)=O)c3ccccc3n2c1. The molecule has 0 saturated carbocycles. The van der Waals surface area contributed by atoms with Crippen molar-refractivity contribution in [2.24, 2.45) is 5.73 Å². The van der Waals surface area contributed by atoms with Crippen LogP contribution in [-0.2, 0) is 0 Å². The molecule has 0 fully saturated rings. The van der Waals surface area contributed by atoms with Crippen LogP contribution in [0.15, 0.2) is 42.6 Å². The Bertz CT molecular complexity index is 859. The van der Waals surface area contributed by atoms with Gasteiger partial charge in [0.25, 0.3) is 5.91 Å². The molecule has 1 aromatic carbocycles. The number of rotatable bonds is 3. The molecule has 0 aliphatic carbocycles. The number of fused-ring (bicyclic) bond motifs is 3. The molecule has 0 unspecified atom stereocenters. The van der Waals surface area contributed by atoms with E-state index in [1.165, 1.54) is 0 Å². The topological polar surface area (TPSA) is 80.5 Å². The summed E-state index contributed by atoms with van der Waals surface area (Å²) in [4.78, 5) is 11.7. The van der Waals surface area contributed by atoms with Gasteiger partial charge >= 0.3 is 0 Å². The van der Waals surface area contributed by atoms with Gasteiger partial charge in [0.05, 0.1) is 22.8 Å². The van der Waals surface area contributed by atoms with Gasteiger partial charge in [0.2, 0.25) is 0 Å². The second-order valence-electron chi connectivity index (χ2n) is 4.32. The molecule has 3 rings (SSSR count). The lowest BCUT2D eigenvalue weighted by atomic mass is 10.1. The summed E-state index contributed by atoms with van der Waals surface area (Å²) < 4.78 is 7.13. The quantitative estimate of drug-likeness (QED) is 0.787. The molecule has 0 bridgehead atoms. The predicted molar refractivity (Wildman–Crippen MR) is 74.5 cm³/mol. The van der Waals surface area contributed by atoms with Crippen molar-refractivity contribution in [1.29, 1.82) is 5.26 Å². The third-order valence-electron chi connectivity index (χ3n) is 3.16. The standard InChI is InChI=1S/C15H11N3O2/c16-7-8-20-10-5-6-13-14(15(17)19)11-3-1-2-4-12(11)18(13)9-10/h1-6,9H,8H2,(H2,17,19). The zero-order valence-electron chi connectivity index (χ0n) is 10.5. The lowest BCUT2D eigenvalue weighted by Crippen LogP contribution is -2.10. The van der Waals surface area contributed by atoms with E-state index in [1.807, 2.05) is 34.7 Å². The molecule has 0 aliphatic heterocycles. The first kappa shape index (κ1) is 12.1. The Morgan fingerprint density at radius 3 is 2.80 bits per heavy atom. The Labute approximate surface area is 114 Å². The van der Waals surface area contributed by atoms with Crippen molar-refractivity contribution in [3.63, 3.8) is 0 Å². The molecule has 98 valence electrons. The molecule has 5 heteroatoms. The number of hydrogen-bond acceptors (Lipinski definition) is 3. The zero-order chi connectivity index (χ0) is 14.1. The van der Waals surface area contributed by atoms with Gasteiger partial charge in [0, 0.05) is 5.39 Å². The third kappa shape index (κ3) is 1.75. The number of aromatic nitrogens is 1. The molecule has 0 radical (unpaired) electrons. The normalized spacial score (nSPS) is 10.6. The molecule has 0 spiro atoms. The van der Waals surface area contributed by atoms with E-state index in [9.17, 15) is 4.79 Å². The fourth-order valence-electron chi connectivity index (χ4n) is 2.38. The first-order valence-corrected chi connectivity index (χ1v) is 6.04. The van der Waals surface area contributed by atoms with Gasteiger partial charge in [-0.05, 0) is 18.2 Å². The molecule has 20 heavy (non-hydrogen) atoms. The maximum absolute atomic E-state index is 11.7. The molecule has 2 N–H and O–H groups in total. The van der Waals surface area contributed by atoms with Gasteiger partial charge in [-0.15, -0.1) is 0 Å². The summed E-state index contributed by atoms with van der Waals surface area (Å²) in [5.74, 6) is 0.102. The highest BCUT2D eigenvalue weighted by atomic mass is 16.5. The maximum atomic E-state index is 11.7. The van der Waals surface area contributed by atoms with Crippen molar-refractivity contribution in [2.45, 2.75) is 0 Å². The number of primary amides is 1. The van der Waals surface area contributed by atoms with Crippen molar-refractivity contribution >= 4 is 22.3 Å². The van der Waals surface area contributed by atoms with Crippen LogP contribution in [0.25, 0.3) is 16.4 Å². The van der Waals surface area contributed by atoms with Crippen LogP contribution in [0.3, 0.4) is 0 Å². The van der Waals surface area contributed by atoms with Gasteiger partial charge in [-0.1, -0.05) is 18.2 Å². The molecular formula is C15H11N3O2. The number of carbonyl (C=O) groups is 1. The van der Waals surface area contributed by atoms with E-state index in [2.05, 4.69) is 0 Å². The van der Waals surface area contributed by atoms with Crippen LogP contribution in [-0.4, -0.2) is 16.9 Å². The van der Waals surface area contributed by atoms with E-state index in [1.54, 1.807) is 18.3 Å². The lowest BCUT2D eigenvalue weighted by Gasteiger charge is -2.03. The molecule has 0 atom stereocenters. The van der Waals surface area contributed by atoms with Crippen molar-refractivity contribution < 1.29 is 9.53 Å². The highest BCUT2D eigenvalue weighted by Crippen LogP contribution is 2.28. The number of nitrogens with two attached hydrogens (primary N) is 1. The molecule has 2 aromatic heterocycles. The van der Waals surface area contributed by atoms with Gasteiger partial charge in [-0.25, -0.2) is 0 Å². The summed E-state index contributed by atoms with van der Waals surface area (Å²) in [5, 5.41) is 9.35. The average Bonchev–Trinajstić information content (AvgIpc) is 2.79. The Hall–Kier alpha value is -3.00. The van der Waals surface area contributed by atoms with Crippen molar-refractivity contribution in [3.05, 3.63) is 48.2 Å². The van der Waals surface area contributed by atoms with Crippen LogP contribution in [0.4, 0.5) is 0 Å². The summed E-state index contributed by atoms with van der Waals surface area (Å²) in [6, 6.07) is 12.9. The highest BCUT2D eigenvalue weighted by Gasteiger charge is 2.15. The smallest absolute Gasteiger partial charge is 0.251 e. The summed E-state index contributed by atoms with van der Waals surface area (Å²) >= 11 is 0. The summed E-state index contributed by atoms with van der Waals surface area (Å²) in [6.45, 7) is -0.0205. The summed E-state index contributed by atoms with van der Waals surface area (Å²) in [7, 11) is 0. The van der Waals surface area contributed by atoms with E-state index >= 15 is 0 Å². The number of nitriles is 1. The minimum Gasteiger partial charge on any atom is -0.477 e. The molecule has 2 heterocycles. The number of ether oxygens (including phenoxy) is 1. The molecule has 1 amide bonds. The highest BCUT2D eigenvalue weighted by molar-refractivity contribution is 6.13. The number of carbonyl (C=O) groups excluding carboxylic acids is 1. The third-order valence-corrected chi connectivity index (χ3v) is 3.16. The van der Waals surface area contributed by atoms with Crippen LogP contribution in [0.2, 0.25) is 0 Å². The lowest BCUT2D eigenvalue weighted by molar-refractivity contribution is 0.100. The number of nitrogens with zero attached hydrogens (tertiary/aromatic N) is 2. The minimum absolute atomic E-state index is 0.0205. The van der Waals surface area contributed by atoms with E-state index < -0.39 is 5.91 Å². The Kier molecular flexibility index (Phi) is 2.77. The van der Waals surface area contributed by atoms with Crippen molar-refractivity contribution in [2.75, 3.05) is 6.61 Å². The number of amides is 1. The van der Waals surface area contributed by atoms with E-state index in [0.717, 1.165) is 16.4 Å². The monoisotopic (exact) mass is 265 g/mol.